The standard InChI is InChI=1S/C17H25N3O3/c1-17(6-3-2-4-7-17)16(22)20-8-5-12-9-13(15(21)19-23)10-18-14(12)11-20/h9-10,16,22-23H,2-8,11H2,1H3,(H,19,21). The van der Waals surface area contributed by atoms with Crippen LogP contribution in [0, 0.1) is 5.41 Å². The molecule has 6 heteroatoms. The van der Waals surface area contributed by atoms with Gasteiger partial charge in [-0.2, -0.15) is 0 Å². The number of carbonyl (C=O) groups is 1. The Kier molecular flexibility index (Phi) is 4.66. The van der Waals surface area contributed by atoms with Gasteiger partial charge in [0, 0.05) is 24.7 Å². The summed E-state index contributed by atoms with van der Waals surface area (Å²) < 4.78 is 0. The average molecular weight is 319 g/mol. The summed E-state index contributed by atoms with van der Waals surface area (Å²) in [4.78, 5) is 17.9. The van der Waals surface area contributed by atoms with Gasteiger partial charge in [-0.15, -0.1) is 0 Å². The molecule has 0 radical (unpaired) electrons. The molecule has 1 aliphatic carbocycles. The number of nitrogens with one attached hydrogen (secondary N) is 1. The third-order valence-corrected chi connectivity index (χ3v) is 5.41. The first-order valence-corrected chi connectivity index (χ1v) is 8.38. The molecule has 2 aliphatic rings. The van der Waals surface area contributed by atoms with E-state index >= 15 is 0 Å². The van der Waals surface area contributed by atoms with E-state index in [0.717, 1.165) is 37.1 Å². The molecule has 1 unspecified atom stereocenters. The fourth-order valence-electron chi connectivity index (χ4n) is 3.89. The lowest BCUT2D eigenvalue weighted by Gasteiger charge is -2.44. The molecule has 1 aromatic heterocycles. The van der Waals surface area contributed by atoms with Crippen LogP contribution in [0.25, 0.3) is 0 Å². The van der Waals surface area contributed by atoms with E-state index in [4.69, 9.17) is 5.21 Å². The molecule has 1 aromatic rings. The van der Waals surface area contributed by atoms with Gasteiger partial charge in [0.05, 0.1) is 11.3 Å². The summed E-state index contributed by atoms with van der Waals surface area (Å²) in [5.74, 6) is -0.544. The minimum Gasteiger partial charge on any atom is -0.378 e. The third kappa shape index (κ3) is 3.24. The first kappa shape index (κ1) is 16.4. The smallest absolute Gasteiger partial charge is 0.276 e. The molecule has 1 amide bonds. The molecule has 1 aliphatic heterocycles. The number of pyridine rings is 1. The van der Waals surface area contributed by atoms with Crippen molar-refractivity contribution < 1.29 is 15.1 Å². The molecular formula is C17H25N3O3. The van der Waals surface area contributed by atoms with Crippen LogP contribution in [0.5, 0.6) is 0 Å². The van der Waals surface area contributed by atoms with E-state index in [-0.39, 0.29) is 5.41 Å². The fraction of sp³-hybridized carbons (Fsp3) is 0.647. The zero-order valence-electron chi connectivity index (χ0n) is 13.6. The maximum Gasteiger partial charge on any atom is 0.276 e. The van der Waals surface area contributed by atoms with Crippen molar-refractivity contribution in [2.24, 2.45) is 5.41 Å². The van der Waals surface area contributed by atoms with Crippen LogP contribution in [0.1, 0.15) is 60.6 Å². The van der Waals surface area contributed by atoms with Gasteiger partial charge in [-0.25, -0.2) is 5.48 Å². The van der Waals surface area contributed by atoms with Gasteiger partial charge in [0.2, 0.25) is 0 Å². The number of hydrogen-bond acceptors (Lipinski definition) is 5. The number of rotatable bonds is 3. The summed E-state index contributed by atoms with van der Waals surface area (Å²) in [5.41, 5.74) is 3.88. The highest BCUT2D eigenvalue weighted by atomic mass is 16.5. The van der Waals surface area contributed by atoms with Crippen molar-refractivity contribution in [1.29, 1.82) is 0 Å². The monoisotopic (exact) mass is 319 g/mol. The highest BCUT2D eigenvalue weighted by Gasteiger charge is 2.39. The number of aromatic nitrogens is 1. The Morgan fingerprint density at radius 3 is 2.83 bits per heavy atom. The van der Waals surface area contributed by atoms with Gasteiger partial charge in [0.15, 0.2) is 0 Å². The van der Waals surface area contributed by atoms with Crippen molar-refractivity contribution in [3.05, 3.63) is 29.1 Å². The highest BCUT2D eigenvalue weighted by molar-refractivity contribution is 5.93. The Morgan fingerprint density at radius 2 is 2.13 bits per heavy atom. The van der Waals surface area contributed by atoms with Crippen LogP contribution in [0.2, 0.25) is 0 Å². The minimum atomic E-state index is -0.544. The van der Waals surface area contributed by atoms with Crippen LogP contribution in [0.15, 0.2) is 12.3 Å². The van der Waals surface area contributed by atoms with Crippen molar-refractivity contribution in [2.75, 3.05) is 6.54 Å². The molecule has 1 saturated carbocycles. The number of nitrogens with zero attached hydrogens (tertiary/aromatic N) is 2. The Morgan fingerprint density at radius 1 is 1.39 bits per heavy atom. The second-order valence-corrected chi connectivity index (χ2v) is 7.08. The fourth-order valence-corrected chi connectivity index (χ4v) is 3.89. The van der Waals surface area contributed by atoms with Crippen molar-refractivity contribution >= 4 is 5.91 Å². The number of aliphatic hydroxyl groups excluding tert-OH is 1. The summed E-state index contributed by atoms with van der Waals surface area (Å²) in [6.07, 6.45) is 7.57. The molecule has 0 aromatic carbocycles. The lowest BCUT2D eigenvalue weighted by molar-refractivity contribution is -0.106. The first-order chi connectivity index (χ1) is 11.0. The summed E-state index contributed by atoms with van der Waals surface area (Å²) in [6, 6.07) is 1.78. The van der Waals surface area contributed by atoms with E-state index in [9.17, 15) is 9.90 Å². The quantitative estimate of drug-likeness (QED) is 0.585. The predicted molar refractivity (Wildman–Crippen MR) is 84.8 cm³/mol. The predicted octanol–water partition coefficient (Wildman–Crippen LogP) is 1.85. The van der Waals surface area contributed by atoms with Gasteiger partial charge in [0.25, 0.3) is 5.91 Å². The number of amides is 1. The number of hydroxylamine groups is 1. The Balaban J connectivity index is 1.74. The van der Waals surface area contributed by atoms with Crippen LogP contribution < -0.4 is 5.48 Å². The average Bonchev–Trinajstić information content (AvgIpc) is 2.60. The second-order valence-electron chi connectivity index (χ2n) is 7.08. The van der Waals surface area contributed by atoms with E-state index in [0.29, 0.717) is 12.1 Å². The van der Waals surface area contributed by atoms with Crippen LogP contribution >= 0.6 is 0 Å². The van der Waals surface area contributed by atoms with Gasteiger partial charge >= 0.3 is 0 Å². The molecule has 0 saturated heterocycles. The van der Waals surface area contributed by atoms with Gasteiger partial charge < -0.3 is 5.11 Å². The summed E-state index contributed by atoms with van der Waals surface area (Å²) in [5, 5.41) is 19.6. The normalized spacial score (nSPS) is 22.2. The van der Waals surface area contributed by atoms with E-state index in [1.54, 1.807) is 11.5 Å². The molecular weight excluding hydrogens is 294 g/mol. The first-order valence-electron chi connectivity index (χ1n) is 8.38. The molecule has 3 N–H and O–H groups in total. The molecule has 126 valence electrons. The number of aliphatic hydroxyl groups is 1. The minimum absolute atomic E-state index is 0.0352. The van der Waals surface area contributed by atoms with Crippen molar-refractivity contribution in [3.63, 3.8) is 0 Å². The zero-order valence-corrected chi connectivity index (χ0v) is 13.6. The van der Waals surface area contributed by atoms with Gasteiger partial charge in [0.1, 0.15) is 6.23 Å². The molecule has 6 nitrogen and oxygen atoms in total. The molecule has 3 rings (SSSR count). The van der Waals surface area contributed by atoms with E-state index in [1.165, 1.54) is 25.5 Å². The van der Waals surface area contributed by atoms with Crippen LogP contribution in [-0.4, -0.2) is 38.9 Å². The van der Waals surface area contributed by atoms with Gasteiger partial charge in [-0.05, 0) is 30.9 Å². The van der Waals surface area contributed by atoms with E-state index < -0.39 is 12.1 Å². The lowest BCUT2D eigenvalue weighted by Crippen LogP contribution is -2.49. The Hall–Kier alpha value is -1.50. The Bertz CT molecular complexity index is 584. The molecule has 0 bridgehead atoms. The molecule has 1 atom stereocenters. The maximum atomic E-state index is 11.5. The third-order valence-electron chi connectivity index (χ3n) is 5.41. The summed E-state index contributed by atoms with van der Waals surface area (Å²) >= 11 is 0. The largest absolute Gasteiger partial charge is 0.378 e. The van der Waals surface area contributed by atoms with Crippen molar-refractivity contribution in [3.8, 4) is 0 Å². The molecule has 0 spiro atoms. The topological polar surface area (TPSA) is 85.7 Å². The van der Waals surface area contributed by atoms with Crippen LogP contribution in [0.4, 0.5) is 0 Å². The zero-order chi connectivity index (χ0) is 16.4. The number of hydrogen-bond donors (Lipinski definition) is 3. The second kappa shape index (κ2) is 6.55. The molecule has 23 heavy (non-hydrogen) atoms. The highest BCUT2D eigenvalue weighted by Crippen LogP contribution is 2.40. The summed E-state index contributed by atoms with van der Waals surface area (Å²) in [7, 11) is 0. The molecule has 2 heterocycles. The number of carbonyl (C=O) groups excluding carboxylic acids is 1. The van der Waals surface area contributed by atoms with Crippen LogP contribution in [-0.2, 0) is 13.0 Å². The van der Waals surface area contributed by atoms with Gasteiger partial charge in [-0.3, -0.25) is 19.9 Å². The maximum absolute atomic E-state index is 11.5. The van der Waals surface area contributed by atoms with Crippen molar-refractivity contribution in [2.45, 2.75) is 58.2 Å². The molecule has 1 fully saturated rings. The van der Waals surface area contributed by atoms with Gasteiger partial charge in [-0.1, -0.05) is 26.2 Å². The Labute approximate surface area is 136 Å². The van der Waals surface area contributed by atoms with Crippen LogP contribution in [0.3, 0.4) is 0 Å². The van der Waals surface area contributed by atoms with Crippen molar-refractivity contribution in [1.82, 2.24) is 15.4 Å². The van der Waals surface area contributed by atoms with E-state index in [2.05, 4.69) is 16.8 Å². The van der Waals surface area contributed by atoms with E-state index in [1.807, 2.05) is 0 Å². The SMILES string of the molecule is CC1(C(O)N2CCc3cc(C(=O)NO)cnc3C2)CCCCC1. The number of fused-ring (bicyclic) bond motifs is 1. The lowest BCUT2D eigenvalue weighted by atomic mass is 9.73. The summed E-state index contributed by atoms with van der Waals surface area (Å²) in [6.45, 7) is 3.55.